The maximum Gasteiger partial charge on any atom is 0.269 e. The summed E-state index contributed by atoms with van der Waals surface area (Å²) in [6, 6.07) is 13.8. The first-order chi connectivity index (χ1) is 12.6. The van der Waals surface area contributed by atoms with Crippen LogP contribution in [0.4, 0.5) is 4.39 Å². The maximum absolute atomic E-state index is 14.0. The molecule has 5 nitrogen and oxygen atoms in total. The number of carbonyl (C=O) groups excluding carboxylic acids is 1. The fourth-order valence-electron chi connectivity index (χ4n) is 3.12. The van der Waals surface area contributed by atoms with Crippen LogP contribution in [-0.4, -0.2) is 26.4 Å². The highest BCUT2D eigenvalue weighted by molar-refractivity contribution is 5.80. The highest BCUT2D eigenvalue weighted by atomic mass is 19.1. The molecular weight excluding hydrogens is 333 g/mol. The molecular formula is C20H18FN3O2. The largest absolute Gasteiger partial charge is 0.334 e. The van der Waals surface area contributed by atoms with Crippen LogP contribution in [0.2, 0.25) is 0 Å². The monoisotopic (exact) mass is 351 g/mol. The Morgan fingerprint density at radius 2 is 1.88 bits per heavy atom. The van der Waals surface area contributed by atoms with Crippen LogP contribution in [0.1, 0.15) is 18.4 Å². The smallest absolute Gasteiger partial charge is 0.269 e. The van der Waals surface area contributed by atoms with Crippen molar-refractivity contribution in [2.75, 3.05) is 0 Å². The highest BCUT2D eigenvalue weighted by Gasteiger charge is 2.33. The Bertz CT molecular complexity index is 1030. The molecule has 2 aromatic carbocycles. The Labute approximate surface area is 149 Å². The lowest BCUT2D eigenvalue weighted by Crippen LogP contribution is -2.38. The molecule has 1 aliphatic rings. The minimum absolute atomic E-state index is 0.0766. The van der Waals surface area contributed by atoms with Crippen molar-refractivity contribution in [2.24, 2.45) is 0 Å². The van der Waals surface area contributed by atoms with E-state index >= 15 is 0 Å². The third-order valence-corrected chi connectivity index (χ3v) is 4.65. The van der Waals surface area contributed by atoms with Crippen LogP contribution in [0.3, 0.4) is 0 Å². The van der Waals surface area contributed by atoms with Gasteiger partial charge in [0.2, 0.25) is 5.91 Å². The molecule has 26 heavy (non-hydrogen) atoms. The Kier molecular flexibility index (Phi) is 4.24. The van der Waals surface area contributed by atoms with Crippen molar-refractivity contribution in [3.8, 4) is 0 Å². The van der Waals surface area contributed by atoms with Gasteiger partial charge in [-0.2, -0.15) is 0 Å². The van der Waals surface area contributed by atoms with Gasteiger partial charge >= 0.3 is 0 Å². The molecule has 0 radical (unpaired) electrons. The number of carbonyl (C=O) groups is 1. The second kappa shape index (κ2) is 6.71. The molecule has 3 aromatic rings. The number of aromatic nitrogens is 2. The normalized spacial score (nSPS) is 13.7. The fraction of sp³-hybridized carbons (Fsp3) is 0.250. The van der Waals surface area contributed by atoms with E-state index in [-0.39, 0.29) is 36.4 Å². The number of para-hydroxylation sites is 2. The van der Waals surface area contributed by atoms with Crippen LogP contribution in [-0.2, 0) is 17.9 Å². The Morgan fingerprint density at radius 1 is 1.15 bits per heavy atom. The van der Waals surface area contributed by atoms with Crippen LogP contribution in [0, 0.1) is 5.82 Å². The van der Waals surface area contributed by atoms with Crippen molar-refractivity contribution in [2.45, 2.75) is 32.0 Å². The molecule has 1 amide bonds. The van der Waals surface area contributed by atoms with Gasteiger partial charge in [0, 0.05) is 18.2 Å². The minimum Gasteiger partial charge on any atom is -0.334 e. The molecule has 0 saturated heterocycles. The van der Waals surface area contributed by atoms with E-state index in [1.165, 1.54) is 16.8 Å². The number of amides is 1. The van der Waals surface area contributed by atoms with Crippen molar-refractivity contribution >= 4 is 16.9 Å². The van der Waals surface area contributed by atoms with Crippen LogP contribution in [0.5, 0.6) is 0 Å². The second-order valence-corrected chi connectivity index (χ2v) is 6.52. The van der Waals surface area contributed by atoms with Crippen LogP contribution >= 0.6 is 0 Å². The molecule has 1 saturated carbocycles. The predicted molar refractivity (Wildman–Crippen MR) is 96.0 cm³/mol. The molecule has 0 spiro atoms. The molecule has 6 heteroatoms. The van der Waals surface area contributed by atoms with Gasteiger partial charge in [-0.1, -0.05) is 30.3 Å². The molecule has 132 valence electrons. The van der Waals surface area contributed by atoms with E-state index in [0.717, 1.165) is 12.8 Å². The first-order valence-electron chi connectivity index (χ1n) is 8.61. The molecule has 0 aliphatic heterocycles. The van der Waals surface area contributed by atoms with Gasteiger partial charge in [0.15, 0.2) is 0 Å². The third kappa shape index (κ3) is 3.22. The van der Waals surface area contributed by atoms with Crippen molar-refractivity contribution in [3.05, 3.63) is 76.5 Å². The van der Waals surface area contributed by atoms with Crippen LogP contribution < -0.4 is 5.56 Å². The number of fused-ring (bicyclic) bond motifs is 1. The van der Waals surface area contributed by atoms with Crippen molar-refractivity contribution in [3.63, 3.8) is 0 Å². The number of benzene rings is 2. The molecule has 0 bridgehead atoms. The lowest BCUT2D eigenvalue weighted by Gasteiger charge is -2.23. The quantitative estimate of drug-likeness (QED) is 0.710. The number of hydrogen-bond donors (Lipinski definition) is 0. The van der Waals surface area contributed by atoms with Crippen LogP contribution in [0.15, 0.2) is 59.5 Å². The number of rotatable bonds is 5. The van der Waals surface area contributed by atoms with Gasteiger partial charge in [0.25, 0.3) is 5.56 Å². The topological polar surface area (TPSA) is 55.2 Å². The molecule has 0 N–H and O–H groups in total. The summed E-state index contributed by atoms with van der Waals surface area (Å²) < 4.78 is 15.4. The molecule has 0 unspecified atom stereocenters. The summed E-state index contributed by atoms with van der Waals surface area (Å²) in [7, 11) is 0. The second-order valence-electron chi connectivity index (χ2n) is 6.52. The minimum atomic E-state index is -0.322. The van der Waals surface area contributed by atoms with E-state index in [0.29, 0.717) is 16.6 Å². The summed E-state index contributed by atoms with van der Waals surface area (Å²) in [4.78, 5) is 31.0. The van der Waals surface area contributed by atoms with Gasteiger partial charge in [0.05, 0.1) is 17.2 Å². The zero-order valence-corrected chi connectivity index (χ0v) is 14.1. The first kappa shape index (κ1) is 16.4. The summed E-state index contributed by atoms with van der Waals surface area (Å²) in [6.45, 7) is 0.140. The SMILES string of the molecule is O=C(Cn1c(=O)cnc2ccccc21)N(Cc1ccccc1F)C1CC1. The van der Waals surface area contributed by atoms with Gasteiger partial charge in [-0.3, -0.25) is 14.2 Å². The molecule has 1 aromatic heterocycles. The van der Waals surface area contributed by atoms with Gasteiger partial charge in [-0.25, -0.2) is 9.37 Å². The average Bonchev–Trinajstić information content (AvgIpc) is 3.48. The highest BCUT2D eigenvalue weighted by Crippen LogP contribution is 2.29. The summed E-state index contributed by atoms with van der Waals surface area (Å²) in [5, 5.41) is 0. The number of nitrogens with zero attached hydrogens (tertiary/aromatic N) is 3. The summed E-state index contributed by atoms with van der Waals surface area (Å²) in [5.74, 6) is -0.508. The number of halogens is 1. The van der Waals surface area contributed by atoms with Gasteiger partial charge in [-0.15, -0.1) is 0 Å². The predicted octanol–water partition coefficient (Wildman–Crippen LogP) is 2.73. The number of hydrogen-bond acceptors (Lipinski definition) is 3. The summed E-state index contributed by atoms with van der Waals surface area (Å²) in [6.07, 6.45) is 3.05. The molecule has 4 rings (SSSR count). The van der Waals surface area contributed by atoms with E-state index in [9.17, 15) is 14.0 Å². The van der Waals surface area contributed by atoms with Gasteiger partial charge in [0.1, 0.15) is 12.4 Å². The van der Waals surface area contributed by atoms with Gasteiger partial charge < -0.3 is 4.90 Å². The molecule has 1 aliphatic carbocycles. The first-order valence-corrected chi connectivity index (χ1v) is 8.61. The van der Waals surface area contributed by atoms with Crippen molar-refractivity contribution in [1.29, 1.82) is 0 Å². The maximum atomic E-state index is 14.0. The standard InChI is InChI=1S/C20H18FN3O2/c21-16-6-2-1-5-14(16)12-23(15-9-10-15)20(26)13-24-18-8-4-3-7-17(18)22-11-19(24)25/h1-8,11,15H,9-10,12-13H2. The summed E-state index contributed by atoms with van der Waals surface area (Å²) >= 11 is 0. The molecule has 0 atom stereocenters. The fourth-order valence-corrected chi connectivity index (χ4v) is 3.12. The van der Waals surface area contributed by atoms with E-state index in [2.05, 4.69) is 4.98 Å². The van der Waals surface area contributed by atoms with E-state index in [4.69, 9.17) is 0 Å². The zero-order valence-electron chi connectivity index (χ0n) is 14.1. The lowest BCUT2D eigenvalue weighted by atomic mass is 10.2. The van der Waals surface area contributed by atoms with E-state index < -0.39 is 0 Å². The lowest BCUT2D eigenvalue weighted by molar-refractivity contribution is -0.133. The molecule has 1 fully saturated rings. The van der Waals surface area contributed by atoms with Crippen molar-refractivity contribution < 1.29 is 9.18 Å². The third-order valence-electron chi connectivity index (χ3n) is 4.65. The summed E-state index contributed by atoms with van der Waals surface area (Å²) in [5.41, 5.74) is 1.44. The van der Waals surface area contributed by atoms with Gasteiger partial charge in [-0.05, 0) is 31.0 Å². The Morgan fingerprint density at radius 3 is 2.65 bits per heavy atom. The Balaban J connectivity index is 1.63. The average molecular weight is 351 g/mol. The van der Waals surface area contributed by atoms with Crippen LogP contribution in [0.25, 0.3) is 11.0 Å². The molecule has 1 heterocycles. The van der Waals surface area contributed by atoms with E-state index in [1.54, 1.807) is 35.2 Å². The Hall–Kier alpha value is -3.02. The van der Waals surface area contributed by atoms with Crippen molar-refractivity contribution in [1.82, 2.24) is 14.5 Å². The zero-order chi connectivity index (χ0) is 18.1. The van der Waals surface area contributed by atoms with E-state index in [1.807, 2.05) is 12.1 Å².